The van der Waals surface area contributed by atoms with E-state index in [0.29, 0.717) is 19.4 Å². The second kappa shape index (κ2) is 6.07. The van der Waals surface area contributed by atoms with Crippen molar-refractivity contribution in [3.05, 3.63) is 23.7 Å². The second-order valence-electron chi connectivity index (χ2n) is 3.18. The summed E-state index contributed by atoms with van der Waals surface area (Å²) in [5, 5.41) is 0. The van der Waals surface area contributed by atoms with E-state index in [-0.39, 0.29) is 17.3 Å². The molecule has 1 rings (SSSR count). The van der Waals surface area contributed by atoms with E-state index >= 15 is 0 Å². The van der Waals surface area contributed by atoms with E-state index in [2.05, 4.69) is 4.74 Å². The summed E-state index contributed by atoms with van der Waals surface area (Å²) in [4.78, 5) is 22.6. The molecule has 0 N–H and O–H groups in total. The van der Waals surface area contributed by atoms with Crippen molar-refractivity contribution >= 4 is 11.8 Å². The van der Waals surface area contributed by atoms with E-state index in [1.165, 1.54) is 19.2 Å². The minimum absolute atomic E-state index is 0.0394. The molecule has 1 aromatic heterocycles. The van der Waals surface area contributed by atoms with Gasteiger partial charge in [-0.15, -0.1) is 0 Å². The van der Waals surface area contributed by atoms with Gasteiger partial charge in [-0.3, -0.25) is 4.79 Å². The van der Waals surface area contributed by atoms with Crippen LogP contribution in [-0.4, -0.2) is 32.6 Å². The van der Waals surface area contributed by atoms with E-state index in [1.54, 1.807) is 7.11 Å². The number of carbonyl (C=O) groups is 2. The molecule has 0 aliphatic heterocycles. The first-order valence-electron chi connectivity index (χ1n) is 4.89. The lowest BCUT2D eigenvalue weighted by Gasteiger charge is -1.97. The monoisotopic (exact) mass is 226 g/mol. The summed E-state index contributed by atoms with van der Waals surface area (Å²) in [6.45, 7) is 0.524. The smallest absolute Gasteiger partial charge is 0.373 e. The van der Waals surface area contributed by atoms with E-state index in [1.807, 2.05) is 0 Å². The van der Waals surface area contributed by atoms with Crippen LogP contribution in [0.2, 0.25) is 0 Å². The van der Waals surface area contributed by atoms with Crippen molar-refractivity contribution in [2.75, 3.05) is 20.8 Å². The Morgan fingerprint density at radius 1 is 1.25 bits per heavy atom. The SMILES string of the molecule is COCCCC(=O)c1ccc(C(=O)OC)o1. The van der Waals surface area contributed by atoms with Crippen molar-refractivity contribution in [2.24, 2.45) is 0 Å². The molecule has 0 saturated carbocycles. The van der Waals surface area contributed by atoms with Crippen LogP contribution >= 0.6 is 0 Å². The molecule has 0 unspecified atom stereocenters. The maximum atomic E-state index is 11.5. The van der Waals surface area contributed by atoms with Crippen LogP contribution in [0.5, 0.6) is 0 Å². The summed E-state index contributed by atoms with van der Waals surface area (Å²) >= 11 is 0. The van der Waals surface area contributed by atoms with Crippen LogP contribution in [0.3, 0.4) is 0 Å². The highest BCUT2D eigenvalue weighted by atomic mass is 16.5. The first kappa shape index (κ1) is 12.4. The topological polar surface area (TPSA) is 65.7 Å². The molecule has 1 heterocycles. The number of rotatable bonds is 6. The molecule has 0 saturated heterocycles. The molecule has 0 fully saturated rings. The van der Waals surface area contributed by atoms with Crippen molar-refractivity contribution in [2.45, 2.75) is 12.8 Å². The van der Waals surface area contributed by atoms with Crippen LogP contribution in [0.25, 0.3) is 0 Å². The highest BCUT2D eigenvalue weighted by Crippen LogP contribution is 2.12. The normalized spacial score (nSPS) is 10.1. The van der Waals surface area contributed by atoms with Crippen molar-refractivity contribution in [1.29, 1.82) is 0 Å². The zero-order chi connectivity index (χ0) is 12.0. The number of methoxy groups -OCH3 is 2. The predicted molar refractivity (Wildman–Crippen MR) is 55.5 cm³/mol. The highest BCUT2D eigenvalue weighted by Gasteiger charge is 2.15. The Kier molecular flexibility index (Phi) is 4.72. The molecular weight excluding hydrogens is 212 g/mol. The Labute approximate surface area is 93.3 Å². The van der Waals surface area contributed by atoms with Crippen molar-refractivity contribution in [3.63, 3.8) is 0 Å². The fourth-order valence-electron chi connectivity index (χ4n) is 1.20. The van der Waals surface area contributed by atoms with Gasteiger partial charge in [-0.25, -0.2) is 4.79 Å². The second-order valence-corrected chi connectivity index (χ2v) is 3.18. The molecule has 0 aliphatic rings. The highest BCUT2D eigenvalue weighted by molar-refractivity contribution is 5.95. The number of esters is 1. The van der Waals surface area contributed by atoms with E-state index in [0.717, 1.165) is 0 Å². The van der Waals surface area contributed by atoms with Crippen LogP contribution in [0.4, 0.5) is 0 Å². The molecule has 5 heteroatoms. The quantitative estimate of drug-likeness (QED) is 0.419. The summed E-state index contributed by atoms with van der Waals surface area (Å²) in [7, 11) is 2.83. The molecular formula is C11H14O5. The summed E-state index contributed by atoms with van der Waals surface area (Å²) in [5.74, 6) is -0.516. The third kappa shape index (κ3) is 3.20. The van der Waals surface area contributed by atoms with Crippen molar-refractivity contribution < 1.29 is 23.5 Å². The molecule has 88 valence electrons. The van der Waals surface area contributed by atoms with Gasteiger partial charge in [0, 0.05) is 20.1 Å². The van der Waals surface area contributed by atoms with Gasteiger partial charge >= 0.3 is 5.97 Å². The standard InChI is InChI=1S/C11H14O5/c1-14-7-3-4-8(12)9-5-6-10(16-9)11(13)15-2/h5-6H,3-4,7H2,1-2H3. The number of hydrogen-bond acceptors (Lipinski definition) is 5. The van der Waals surface area contributed by atoms with Crippen LogP contribution in [0, 0.1) is 0 Å². The van der Waals surface area contributed by atoms with Crippen LogP contribution in [0.15, 0.2) is 16.5 Å². The third-order valence-electron chi connectivity index (χ3n) is 2.02. The minimum atomic E-state index is -0.587. The average Bonchev–Trinajstić information content (AvgIpc) is 2.77. The van der Waals surface area contributed by atoms with Gasteiger partial charge in [-0.2, -0.15) is 0 Å². The number of Topliss-reactive ketones (excluding diaryl/α,β-unsaturated/α-hetero) is 1. The molecule has 0 aliphatic carbocycles. The number of carbonyl (C=O) groups excluding carboxylic acids is 2. The van der Waals surface area contributed by atoms with Crippen LogP contribution < -0.4 is 0 Å². The Bertz CT molecular complexity index is 366. The zero-order valence-electron chi connectivity index (χ0n) is 9.32. The number of hydrogen-bond donors (Lipinski definition) is 0. The Morgan fingerprint density at radius 2 is 1.94 bits per heavy atom. The minimum Gasteiger partial charge on any atom is -0.463 e. The number of ether oxygens (including phenoxy) is 2. The van der Waals surface area contributed by atoms with Crippen molar-refractivity contribution in [1.82, 2.24) is 0 Å². The van der Waals surface area contributed by atoms with Crippen molar-refractivity contribution in [3.8, 4) is 0 Å². The molecule has 0 bridgehead atoms. The first-order valence-corrected chi connectivity index (χ1v) is 4.89. The fourth-order valence-corrected chi connectivity index (χ4v) is 1.20. The Morgan fingerprint density at radius 3 is 2.56 bits per heavy atom. The van der Waals surface area contributed by atoms with Gasteiger partial charge in [0.05, 0.1) is 7.11 Å². The lowest BCUT2D eigenvalue weighted by molar-refractivity contribution is 0.0563. The Hall–Kier alpha value is -1.62. The van der Waals surface area contributed by atoms with Gasteiger partial charge in [0.1, 0.15) is 0 Å². The Balaban J connectivity index is 2.56. The maximum Gasteiger partial charge on any atom is 0.373 e. The van der Waals surface area contributed by atoms with E-state index in [4.69, 9.17) is 9.15 Å². The first-order chi connectivity index (χ1) is 7.69. The van der Waals surface area contributed by atoms with Gasteiger partial charge in [-0.05, 0) is 18.6 Å². The molecule has 0 atom stereocenters. The van der Waals surface area contributed by atoms with E-state index in [9.17, 15) is 9.59 Å². The number of furan rings is 1. The third-order valence-corrected chi connectivity index (χ3v) is 2.02. The van der Waals surface area contributed by atoms with Gasteiger partial charge in [0.2, 0.25) is 5.76 Å². The molecule has 16 heavy (non-hydrogen) atoms. The van der Waals surface area contributed by atoms with Gasteiger partial charge in [0.25, 0.3) is 0 Å². The van der Waals surface area contributed by atoms with Gasteiger partial charge in [0.15, 0.2) is 11.5 Å². The van der Waals surface area contributed by atoms with Crippen LogP contribution in [-0.2, 0) is 9.47 Å². The summed E-state index contributed by atoms with van der Waals surface area (Å²) in [5.41, 5.74) is 0. The summed E-state index contributed by atoms with van der Waals surface area (Å²) in [6.07, 6.45) is 0.964. The van der Waals surface area contributed by atoms with Gasteiger partial charge < -0.3 is 13.9 Å². The molecule has 0 spiro atoms. The molecule has 1 aromatic rings. The zero-order valence-corrected chi connectivity index (χ0v) is 9.32. The molecule has 0 amide bonds. The predicted octanol–water partition coefficient (Wildman–Crippen LogP) is 1.68. The molecule has 0 radical (unpaired) electrons. The molecule has 0 aromatic carbocycles. The average molecular weight is 226 g/mol. The lowest BCUT2D eigenvalue weighted by Crippen LogP contribution is -2.01. The fraction of sp³-hybridized carbons (Fsp3) is 0.455. The molecule has 5 nitrogen and oxygen atoms in total. The summed E-state index contributed by atoms with van der Waals surface area (Å²) < 4.78 is 14.4. The number of ketones is 1. The lowest BCUT2D eigenvalue weighted by atomic mass is 10.2. The van der Waals surface area contributed by atoms with Gasteiger partial charge in [-0.1, -0.05) is 0 Å². The summed E-state index contributed by atoms with van der Waals surface area (Å²) in [6, 6.07) is 2.90. The largest absolute Gasteiger partial charge is 0.463 e. The van der Waals surface area contributed by atoms with Crippen LogP contribution in [0.1, 0.15) is 34.0 Å². The van der Waals surface area contributed by atoms with E-state index < -0.39 is 5.97 Å². The maximum absolute atomic E-state index is 11.5.